The summed E-state index contributed by atoms with van der Waals surface area (Å²) >= 11 is 3.26. The Morgan fingerprint density at radius 1 is 0.725 bits per heavy atom. The highest BCUT2D eigenvalue weighted by Crippen LogP contribution is 2.49. The van der Waals surface area contributed by atoms with E-state index in [2.05, 4.69) is 99.0 Å². The molecule has 0 aliphatic heterocycles. The van der Waals surface area contributed by atoms with Gasteiger partial charge in [0.05, 0.1) is 29.7 Å². The number of nitro benzene ring substituents is 1. The van der Waals surface area contributed by atoms with E-state index in [1.165, 1.54) is 18.3 Å². The number of hydrogen-bond acceptors (Lipinski definition) is 7. The first-order valence-electron chi connectivity index (χ1n) is 17.5. The Balaban J connectivity index is 2.68. The minimum atomic E-state index is -1.74. The number of aromatic hydroxyl groups is 1. The monoisotopic (exact) mass is 766 g/mol. The third-order valence-electron chi connectivity index (χ3n) is 9.42. The van der Waals surface area contributed by atoms with Gasteiger partial charge in [-0.2, -0.15) is 0 Å². The molecule has 0 aliphatic rings. The molecule has 280 valence electrons. The fourth-order valence-electron chi connectivity index (χ4n) is 6.61. The zero-order chi connectivity index (χ0) is 39.2. The van der Waals surface area contributed by atoms with Crippen LogP contribution in [-0.2, 0) is 27.3 Å². The van der Waals surface area contributed by atoms with Crippen molar-refractivity contribution in [3.8, 4) is 17.2 Å². The summed E-state index contributed by atoms with van der Waals surface area (Å²) in [6.07, 6.45) is 1.43. The second-order valence-corrected chi connectivity index (χ2v) is 18.9. The van der Waals surface area contributed by atoms with Crippen molar-refractivity contribution >= 4 is 27.8 Å². The van der Waals surface area contributed by atoms with Crippen LogP contribution >= 0.6 is 15.9 Å². The van der Waals surface area contributed by atoms with Crippen LogP contribution < -0.4 is 9.47 Å². The van der Waals surface area contributed by atoms with Gasteiger partial charge in [-0.15, -0.1) is 0 Å². The van der Waals surface area contributed by atoms with E-state index in [0.29, 0.717) is 11.1 Å². The maximum atomic E-state index is 13.8. The number of rotatable bonds is 9. The quantitative estimate of drug-likeness (QED) is 0.127. The summed E-state index contributed by atoms with van der Waals surface area (Å²) in [5, 5.41) is 36.5. The third kappa shape index (κ3) is 8.62. The topological polar surface area (TPSA) is 114 Å². The Kier molecular flexibility index (Phi) is 12.0. The largest absolute Gasteiger partial charge is 0.506 e. The fraction of sp³-hybridized carbons (Fsp3) is 0.548. The number of methoxy groups -OCH3 is 2. The van der Waals surface area contributed by atoms with Gasteiger partial charge in [-0.25, -0.2) is 0 Å². The number of aliphatic imine (C=N–C) groups is 1. The minimum absolute atomic E-state index is 0.157. The molecule has 1 unspecified atom stereocenters. The van der Waals surface area contributed by atoms with Gasteiger partial charge in [0.25, 0.3) is 5.69 Å². The Labute approximate surface area is 314 Å². The molecule has 9 heteroatoms. The summed E-state index contributed by atoms with van der Waals surface area (Å²) in [5.74, 6) is 1.13. The van der Waals surface area contributed by atoms with Crippen LogP contribution in [-0.4, -0.2) is 41.6 Å². The van der Waals surface area contributed by atoms with E-state index < -0.39 is 16.6 Å². The van der Waals surface area contributed by atoms with Gasteiger partial charge in [0, 0.05) is 46.2 Å². The summed E-state index contributed by atoms with van der Waals surface area (Å²) in [5.41, 5.74) is 1.86. The number of phenolic OH excluding ortho intramolecular Hbond substituents is 1. The van der Waals surface area contributed by atoms with Crippen molar-refractivity contribution in [3.63, 3.8) is 0 Å². The Morgan fingerprint density at radius 3 is 1.35 bits per heavy atom. The van der Waals surface area contributed by atoms with Crippen molar-refractivity contribution in [2.24, 2.45) is 10.9 Å². The predicted octanol–water partition coefficient (Wildman–Crippen LogP) is 10.6. The molecule has 3 rings (SSSR count). The molecular formula is C42H59BrN2O6. The van der Waals surface area contributed by atoms with E-state index >= 15 is 0 Å². The SMILES string of the molecule is COc1c(C(C)(C)C)cc(C(O)(c2cc(C(C)(C)C)c(OC)c(C(C)(C)C)c2)C(N=Cc2cc([N+](=O)[O-])cc(Br)c2O)C(C)C)cc1C(C)(C)C. The van der Waals surface area contributed by atoms with Gasteiger partial charge in [0.1, 0.15) is 22.8 Å². The van der Waals surface area contributed by atoms with Crippen LogP contribution in [0.5, 0.6) is 17.2 Å². The maximum Gasteiger partial charge on any atom is 0.271 e. The number of ether oxygens (including phenoxy) is 2. The molecule has 51 heavy (non-hydrogen) atoms. The average molecular weight is 768 g/mol. The number of hydrogen-bond donors (Lipinski definition) is 2. The first-order chi connectivity index (χ1) is 23.1. The van der Waals surface area contributed by atoms with Gasteiger partial charge >= 0.3 is 0 Å². The lowest BCUT2D eigenvalue weighted by atomic mass is 9.69. The molecule has 2 N–H and O–H groups in total. The fourth-order valence-corrected chi connectivity index (χ4v) is 7.07. The Morgan fingerprint density at radius 2 is 1.08 bits per heavy atom. The van der Waals surface area contributed by atoms with Crippen LogP contribution in [0, 0.1) is 16.0 Å². The van der Waals surface area contributed by atoms with Crippen LogP contribution in [0.3, 0.4) is 0 Å². The highest BCUT2D eigenvalue weighted by Gasteiger charge is 2.45. The molecule has 0 fully saturated rings. The lowest BCUT2D eigenvalue weighted by molar-refractivity contribution is -0.385. The number of nitrogens with zero attached hydrogens (tertiary/aromatic N) is 2. The molecule has 0 amide bonds. The number of aliphatic hydroxyl groups is 1. The first kappa shape index (κ1) is 42.0. The smallest absolute Gasteiger partial charge is 0.271 e. The van der Waals surface area contributed by atoms with E-state index in [4.69, 9.17) is 14.5 Å². The molecule has 1 atom stereocenters. The van der Waals surface area contributed by atoms with Crippen LogP contribution in [0.25, 0.3) is 0 Å². The van der Waals surface area contributed by atoms with Crippen molar-refractivity contribution in [1.82, 2.24) is 0 Å². The summed E-state index contributed by atoms with van der Waals surface area (Å²) in [6.45, 7) is 29.5. The molecule has 0 radical (unpaired) electrons. The van der Waals surface area contributed by atoms with Gasteiger partial charge in [-0.3, -0.25) is 15.1 Å². The number of non-ortho nitro benzene ring substituents is 1. The van der Waals surface area contributed by atoms with Gasteiger partial charge in [-0.05, 0) is 78.9 Å². The molecule has 0 saturated heterocycles. The van der Waals surface area contributed by atoms with Crippen molar-refractivity contribution in [2.45, 2.75) is 130 Å². The predicted molar refractivity (Wildman–Crippen MR) is 212 cm³/mol. The molecule has 0 aromatic heterocycles. The molecule has 3 aromatic rings. The lowest BCUT2D eigenvalue weighted by Gasteiger charge is -2.41. The molecular weight excluding hydrogens is 708 g/mol. The molecule has 3 aromatic carbocycles. The van der Waals surface area contributed by atoms with Crippen LogP contribution in [0.4, 0.5) is 5.69 Å². The molecule has 0 spiro atoms. The number of nitro groups is 1. The standard InChI is InChI=1S/C42H59BrN2O6/c1-24(2)37(44-23-25-17-28(45(48)49)22-33(43)34(25)46)42(47,26-18-29(38(3,4)5)35(50-15)30(19-26)39(6,7)8)27-20-31(40(9,10)11)36(51-16)32(21-27)41(12,13)14/h17-24,37,46-47H,1-16H3. The molecule has 0 bridgehead atoms. The number of benzene rings is 3. The maximum absolute atomic E-state index is 13.8. The average Bonchev–Trinajstić information content (AvgIpc) is 2.99. The van der Waals surface area contributed by atoms with E-state index in [1.54, 1.807) is 14.2 Å². The second kappa shape index (κ2) is 14.5. The van der Waals surface area contributed by atoms with Gasteiger partial charge in [-0.1, -0.05) is 96.9 Å². The zero-order valence-corrected chi connectivity index (χ0v) is 35.1. The Hall–Kier alpha value is -3.43. The molecule has 0 saturated carbocycles. The van der Waals surface area contributed by atoms with Crippen LogP contribution in [0.1, 0.15) is 136 Å². The number of phenols is 1. The van der Waals surface area contributed by atoms with E-state index in [1.807, 2.05) is 38.1 Å². The highest BCUT2D eigenvalue weighted by molar-refractivity contribution is 9.10. The van der Waals surface area contributed by atoms with E-state index in [-0.39, 0.29) is 49.1 Å². The van der Waals surface area contributed by atoms with Crippen LogP contribution in [0.2, 0.25) is 0 Å². The number of halogens is 1. The highest BCUT2D eigenvalue weighted by atomic mass is 79.9. The second-order valence-electron chi connectivity index (χ2n) is 18.1. The van der Waals surface area contributed by atoms with Crippen molar-refractivity contribution in [1.29, 1.82) is 0 Å². The summed E-state index contributed by atoms with van der Waals surface area (Å²) < 4.78 is 12.4. The van der Waals surface area contributed by atoms with Crippen molar-refractivity contribution in [2.75, 3.05) is 14.2 Å². The normalized spacial score (nSPS) is 13.9. The third-order valence-corrected chi connectivity index (χ3v) is 10.0. The zero-order valence-electron chi connectivity index (χ0n) is 33.5. The summed E-state index contributed by atoms with van der Waals surface area (Å²) in [7, 11) is 3.37. The van der Waals surface area contributed by atoms with Crippen molar-refractivity contribution < 1.29 is 24.6 Å². The molecule has 0 aliphatic carbocycles. The summed E-state index contributed by atoms with van der Waals surface area (Å²) in [6, 6.07) is 9.87. The van der Waals surface area contributed by atoms with Gasteiger partial charge in [0.2, 0.25) is 0 Å². The van der Waals surface area contributed by atoms with Gasteiger partial charge < -0.3 is 19.7 Å². The minimum Gasteiger partial charge on any atom is -0.506 e. The lowest BCUT2D eigenvalue weighted by Crippen LogP contribution is -2.44. The Bertz CT molecular complexity index is 1650. The van der Waals surface area contributed by atoms with Gasteiger partial charge in [0.15, 0.2) is 0 Å². The molecule has 0 heterocycles. The first-order valence-corrected chi connectivity index (χ1v) is 18.3. The van der Waals surface area contributed by atoms with Crippen LogP contribution in [0.15, 0.2) is 45.9 Å². The summed E-state index contributed by atoms with van der Waals surface area (Å²) in [4.78, 5) is 16.3. The van der Waals surface area contributed by atoms with E-state index in [9.17, 15) is 20.3 Å². The molecule has 8 nitrogen and oxygen atoms in total. The van der Waals surface area contributed by atoms with E-state index in [0.717, 1.165) is 33.8 Å². The van der Waals surface area contributed by atoms with Crippen molar-refractivity contribution in [3.05, 3.63) is 89.9 Å².